The van der Waals surface area contributed by atoms with E-state index in [9.17, 15) is 5.26 Å². The summed E-state index contributed by atoms with van der Waals surface area (Å²) in [4.78, 5) is 2.33. The first-order chi connectivity index (χ1) is 9.37. The zero-order valence-electron chi connectivity index (χ0n) is 11.3. The average molecular weight is 256 g/mol. The number of fused-ring (bicyclic) bond motifs is 1. The Morgan fingerprint density at radius 3 is 2.74 bits per heavy atom. The van der Waals surface area contributed by atoms with Crippen molar-refractivity contribution < 1.29 is 4.74 Å². The molecule has 1 fully saturated rings. The second-order valence-electron chi connectivity index (χ2n) is 5.44. The van der Waals surface area contributed by atoms with E-state index in [-0.39, 0.29) is 0 Å². The van der Waals surface area contributed by atoms with Crippen molar-refractivity contribution in [2.75, 3.05) is 26.3 Å². The molecular weight excluding hydrogens is 236 g/mol. The molecule has 1 atom stereocenters. The number of benzene rings is 1. The first-order valence-electron chi connectivity index (χ1n) is 7.19. The first kappa shape index (κ1) is 12.7. The second-order valence-corrected chi connectivity index (χ2v) is 5.44. The highest BCUT2D eigenvalue weighted by Crippen LogP contribution is 2.39. The minimum absolute atomic E-state index is 0.434. The fourth-order valence-corrected chi connectivity index (χ4v) is 3.43. The number of hydrogen-bond acceptors (Lipinski definition) is 3. The van der Waals surface area contributed by atoms with Crippen LogP contribution in [-0.2, 0) is 16.7 Å². The summed E-state index contributed by atoms with van der Waals surface area (Å²) in [5.74, 6) is 0. The van der Waals surface area contributed by atoms with E-state index in [0.29, 0.717) is 0 Å². The predicted molar refractivity (Wildman–Crippen MR) is 73.7 cm³/mol. The molecule has 1 aliphatic carbocycles. The summed E-state index contributed by atoms with van der Waals surface area (Å²) in [6.45, 7) is 3.21. The number of nitriles is 1. The Hall–Kier alpha value is -1.37. The van der Waals surface area contributed by atoms with Gasteiger partial charge in [-0.05, 0) is 36.8 Å². The number of rotatable bonds is 1. The van der Waals surface area contributed by atoms with E-state index in [1.54, 1.807) is 0 Å². The molecule has 0 radical (unpaired) electrons. The van der Waals surface area contributed by atoms with Crippen LogP contribution in [0.25, 0.3) is 0 Å². The molecule has 1 saturated heterocycles. The molecule has 100 valence electrons. The number of ether oxygens (including phenoxy) is 1. The molecule has 1 heterocycles. The van der Waals surface area contributed by atoms with Gasteiger partial charge in [-0.1, -0.05) is 24.3 Å². The number of hydrogen-bond donors (Lipinski definition) is 0. The minimum Gasteiger partial charge on any atom is -0.379 e. The molecule has 3 heteroatoms. The van der Waals surface area contributed by atoms with Crippen molar-refractivity contribution in [2.24, 2.45) is 0 Å². The van der Waals surface area contributed by atoms with Gasteiger partial charge in [0, 0.05) is 13.1 Å². The lowest BCUT2D eigenvalue weighted by Crippen LogP contribution is -2.50. The zero-order chi connectivity index (χ0) is 13.1. The summed E-state index contributed by atoms with van der Waals surface area (Å²) in [6.07, 6.45) is 4.36. The second kappa shape index (κ2) is 5.32. The lowest BCUT2D eigenvalue weighted by molar-refractivity contribution is -0.00799. The number of nitrogens with zero attached hydrogens (tertiary/aromatic N) is 2. The quantitative estimate of drug-likeness (QED) is 0.724. The zero-order valence-corrected chi connectivity index (χ0v) is 11.3. The van der Waals surface area contributed by atoms with Gasteiger partial charge in [-0.15, -0.1) is 0 Å². The Kier molecular flexibility index (Phi) is 3.54. The third-order valence-electron chi connectivity index (χ3n) is 4.43. The minimum atomic E-state index is -0.434. The van der Waals surface area contributed by atoms with E-state index in [4.69, 9.17) is 4.74 Å². The standard InChI is InChI=1S/C16H20N2O/c17-13-16(18-9-11-19-12-10-18)8-4-3-6-14-5-1-2-7-15(14)16/h1-2,5,7H,3-4,6,8-12H2. The summed E-state index contributed by atoms with van der Waals surface area (Å²) in [5, 5.41) is 9.93. The van der Waals surface area contributed by atoms with Gasteiger partial charge in [0.25, 0.3) is 0 Å². The van der Waals surface area contributed by atoms with Gasteiger partial charge in [0.15, 0.2) is 0 Å². The molecule has 1 unspecified atom stereocenters. The summed E-state index contributed by atoms with van der Waals surface area (Å²) in [7, 11) is 0. The third-order valence-corrected chi connectivity index (χ3v) is 4.43. The Labute approximate surface area is 114 Å². The molecule has 1 aromatic carbocycles. The van der Waals surface area contributed by atoms with Gasteiger partial charge in [0.1, 0.15) is 5.54 Å². The fraction of sp³-hybridized carbons (Fsp3) is 0.562. The lowest BCUT2D eigenvalue weighted by atomic mass is 9.83. The van der Waals surface area contributed by atoms with Crippen LogP contribution in [-0.4, -0.2) is 31.2 Å². The van der Waals surface area contributed by atoms with Crippen molar-refractivity contribution in [3.63, 3.8) is 0 Å². The number of morpholine rings is 1. The van der Waals surface area contributed by atoms with Crippen LogP contribution < -0.4 is 0 Å². The highest BCUT2D eigenvalue weighted by Gasteiger charge is 2.41. The van der Waals surface area contributed by atoms with Crippen LogP contribution in [0.4, 0.5) is 0 Å². The van der Waals surface area contributed by atoms with E-state index >= 15 is 0 Å². The van der Waals surface area contributed by atoms with E-state index in [1.807, 2.05) is 0 Å². The molecule has 3 nitrogen and oxygen atoms in total. The van der Waals surface area contributed by atoms with Crippen LogP contribution in [0.5, 0.6) is 0 Å². The summed E-state index contributed by atoms with van der Waals surface area (Å²) in [6, 6.07) is 11.1. The maximum atomic E-state index is 9.93. The first-order valence-corrected chi connectivity index (χ1v) is 7.19. The maximum absolute atomic E-state index is 9.93. The van der Waals surface area contributed by atoms with Gasteiger partial charge < -0.3 is 4.74 Å². The third kappa shape index (κ3) is 2.16. The molecule has 1 aromatic rings. The molecule has 1 aliphatic heterocycles. The largest absolute Gasteiger partial charge is 0.379 e. The van der Waals surface area contributed by atoms with Crippen molar-refractivity contribution in [1.82, 2.24) is 4.90 Å². The monoisotopic (exact) mass is 256 g/mol. The summed E-state index contributed by atoms with van der Waals surface area (Å²) in [5.41, 5.74) is 2.15. The molecule has 0 aromatic heterocycles. The molecule has 2 aliphatic rings. The molecule has 0 N–H and O–H groups in total. The Morgan fingerprint density at radius 1 is 1.16 bits per heavy atom. The van der Waals surface area contributed by atoms with Gasteiger partial charge in [0.2, 0.25) is 0 Å². The van der Waals surface area contributed by atoms with Gasteiger partial charge in [-0.25, -0.2) is 0 Å². The van der Waals surface area contributed by atoms with Crippen molar-refractivity contribution in [3.05, 3.63) is 35.4 Å². The van der Waals surface area contributed by atoms with Crippen LogP contribution in [0.3, 0.4) is 0 Å². The highest BCUT2D eigenvalue weighted by atomic mass is 16.5. The smallest absolute Gasteiger partial charge is 0.135 e. The van der Waals surface area contributed by atoms with E-state index in [2.05, 4.69) is 35.2 Å². The topological polar surface area (TPSA) is 36.3 Å². The Bertz CT molecular complexity index is 488. The van der Waals surface area contributed by atoms with Crippen LogP contribution >= 0.6 is 0 Å². The normalized spacial score (nSPS) is 28.2. The van der Waals surface area contributed by atoms with E-state index in [1.165, 1.54) is 17.5 Å². The molecule has 3 rings (SSSR count). The molecule has 0 bridgehead atoms. The maximum Gasteiger partial charge on any atom is 0.135 e. The molecule has 0 spiro atoms. The Balaban J connectivity index is 2.06. The SMILES string of the molecule is N#CC1(N2CCOCC2)CCCCc2ccccc21. The predicted octanol–water partition coefficient (Wildman–Crippen LogP) is 2.46. The highest BCUT2D eigenvalue weighted by molar-refractivity contribution is 5.40. The molecule has 0 amide bonds. The molecule has 0 saturated carbocycles. The van der Waals surface area contributed by atoms with E-state index in [0.717, 1.165) is 45.6 Å². The van der Waals surface area contributed by atoms with Crippen molar-refractivity contribution >= 4 is 0 Å². The van der Waals surface area contributed by atoms with Gasteiger partial charge >= 0.3 is 0 Å². The fourth-order valence-electron chi connectivity index (χ4n) is 3.43. The van der Waals surface area contributed by atoms with Crippen LogP contribution in [0.15, 0.2) is 24.3 Å². The van der Waals surface area contributed by atoms with E-state index < -0.39 is 5.54 Å². The van der Waals surface area contributed by atoms with Gasteiger partial charge in [-0.2, -0.15) is 5.26 Å². The lowest BCUT2D eigenvalue weighted by Gasteiger charge is -2.41. The van der Waals surface area contributed by atoms with Crippen molar-refractivity contribution in [2.45, 2.75) is 31.2 Å². The summed E-state index contributed by atoms with van der Waals surface area (Å²) < 4.78 is 5.45. The average Bonchev–Trinajstić information content (AvgIpc) is 2.68. The van der Waals surface area contributed by atoms with Crippen LogP contribution in [0, 0.1) is 11.3 Å². The molecule has 19 heavy (non-hydrogen) atoms. The van der Waals surface area contributed by atoms with Gasteiger partial charge in [0.05, 0.1) is 19.3 Å². The van der Waals surface area contributed by atoms with Crippen LogP contribution in [0.1, 0.15) is 30.4 Å². The van der Waals surface area contributed by atoms with Crippen molar-refractivity contribution in [3.8, 4) is 6.07 Å². The Morgan fingerprint density at radius 2 is 1.95 bits per heavy atom. The van der Waals surface area contributed by atoms with Crippen molar-refractivity contribution in [1.29, 1.82) is 5.26 Å². The number of aryl methyl sites for hydroxylation is 1. The summed E-state index contributed by atoms with van der Waals surface area (Å²) >= 11 is 0. The van der Waals surface area contributed by atoms with Crippen LogP contribution in [0.2, 0.25) is 0 Å². The van der Waals surface area contributed by atoms with Gasteiger partial charge in [-0.3, -0.25) is 4.90 Å². The molecular formula is C16H20N2O.